The molecule has 2 nitrogen and oxygen atoms in total. The number of piperazine rings is 1. The second-order valence-electron chi connectivity index (χ2n) is 7.39. The van der Waals surface area contributed by atoms with Crippen LogP contribution in [0.4, 0.5) is 5.69 Å². The Kier molecular flexibility index (Phi) is 11.3. The van der Waals surface area contributed by atoms with Crippen molar-refractivity contribution in [2.45, 2.75) is 64.2 Å². The topological polar surface area (TPSA) is 6.48 Å². The fourth-order valence-electron chi connectivity index (χ4n) is 3.71. The van der Waals surface area contributed by atoms with Gasteiger partial charge >= 0.3 is 0 Å². The normalized spacial score (nSPS) is 15.6. The smallest absolute Gasteiger partial charge is 0.0367 e. The monoisotopic (exact) mass is 408 g/mol. The lowest BCUT2D eigenvalue weighted by molar-refractivity contribution is 0.252. The molecule has 0 unspecified atom stereocenters. The van der Waals surface area contributed by atoms with Gasteiger partial charge < -0.3 is 4.90 Å². The number of benzene rings is 1. The Morgan fingerprint density at radius 2 is 1.16 bits per heavy atom. The van der Waals surface area contributed by atoms with Crippen molar-refractivity contribution in [1.82, 2.24) is 4.90 Å². The largest absolute Gasteiger partial charge is 0.369 e. The summed E-state index contributed by atoms with van der Waals surface area (Å²) < 4.78 is 0. The molecule has 0 atom stereocenters. The van der Waals surface area contributed by atoms with E-state index >= 15 is 0 Å². The first-order valence-electron chi connectivity index (χ1n) is 10.5. The molecule has 1 saturated heterocycles. The second-order valence-corrected chi connectivity index (χ2v) is 8.18. The third-order valence-corrected chi connectivity index (χ3v) is 5.91. The van der Waals surface area contributed by atoms with Crippen LogP contribution in [0.15, 0.2) is 30.3 Å². The standard InChI is InChI=1S/C22H37BrN2/c23-16-12-7-5-3-1-2-4-6-8-13-17-24-18-20-25(21-19-24)22-14-10-9-11-15-22/h9-11,14-15H,1-8,12-13,16-21H2. The second kappa shape index (κ2) is 13.6. The Balaban J connectivity index is 1.40. The molecule has 2 rings (SSSR count). The van der Waals surface area contributed by atoms with Crippen LogP contribution in [-0.4, -0.2) is 43.0 Å². The molecule has 0 aromatic heterocycles. The minimum atomic E-state index is 1.17. The SMILES string of the molecule is BrCCCCCCCCCCCCN1CCN(c2ccccc2)CC1. The Morgan fingerprint density at radius 3 is 1.72 bits per heavy atom. The van der Waals surface area contributed by atoms with Gasteiger partial charge in [0.25, 0.3) is 0 Å². The van der Waals surface area contributed by atoms with Crippen LogP contribution >= 0.6 is 15.9 Å². The van der Waals surface area contributed by atoms with Gasteiger partial charge in [0, 0.05) is 37.2 Å². The molecule has 0 aliphatic carbocycles. The minimum absolute atomic E-state index is 1.17. The van der Waals surface area contributed by atoms with Crippen LogP contribution in [0.5, 0.6) is 0 Å². The highest BCUT2D eigenvalue weighted by molar-refractivity contribution is 9.09. The maximum absolute atomic E-state index is 3.50. The molecular formula is C22H37BrN2. The molecule has 0 spiro atoms. The number of para-hydroxylation sites is 1. The van der Waals surface area contributed by atoms with Crippen molar-refractivity contribution in [3.63, 3.8) is 0 Å². The Labute approximate surface area is 164 Å². The van der Waals surface area contributed by atoms with Crippen LogP contribution < -0.4 is 4.90 Å². The predicted molar refractivity (Wildman–Crippen MR) is 115 cm³/mol. The van der Waals surface area contributed by atoms with Gasteiger partial charge in [0.15, 0.2) is 0 Å². The average Bonchev–Trinajstić information content (AvgIpc) is 2.67. The van der Waals surface area contributed by atoms with Gasteiger partial charge in [-0.05, 0) is 31.5 Å². The molecule has 25 heavy (non-hydrogen) atoms. The van der Waals surface area contributed by atoms with Crippen LogP contribution in [0.3, 0.4) is 0 Å². The summed E-state index contributed by atoms with van der Waals surface area (Å²) in [4.78, 5) is 5.18. The van der Waals surface area contributed by atoms with Gasteiger partial charge in [0.05, 0.1) is 0 Å². The molecule has 1 aliphatic heterocycles. The highest BCUT2D eigenvalue weighted by Gasteiger charge is 2.16. The van der Waals surface area contributed by atoms with Crippen LogP contribution in [-0.2, 0) is 0 Å². The Morgan fingerprint density at radius 1 is 0.640 bits per heavy atom. The molecule has 1 heterocycles. The predicted octanol–water partition coefficient (Wildman–Crippen LogP) is 6.10. The third-order valence-electron chi connectivity index (χ3n) is 5.35. The fraction of sp³-hybridized carbons (Fsp3) is 0.727. The fourth-order valence-corrected chi connectivity index (χ4v) is 4.11. The van der Waals surface area contributed by atoms with E-state index in [9.17, 15) is 0 Å². The van der Waals surface area contributed by atoms with E-state index in [0.717, 1.165) is 0 Å². The van der Waals surface area contributed by atoms with Crippen molar-refractivity contribution in [3.8, 4) is 0 Å². The van der Waals surface area contributed by atoms with Crippen molar-refractivity contribution in [2.75, 3.05) is 43.0 Å². The number of nitrogens with zero attached hydrogens (tertiary/aromatic N) is 2. The lowest BCUT2D eigenvalue weighted by Crippen LogP contribution is -2.46. The lowest BCUT2D eigenvalue weighted by atomic mass is 10.1. The van der Waals surface area contributed by atoms with E-state index in [1.807, 2.05) is 0 Å². The van der Waals surface area contributed by atoms with Crippen LogP contribution in [0.1, 0.15) is 64.2 Å². The van der Waals surface area contributed by atoms with Gasteiger partial charge in [0.2, 0.25) is 0 Å². The maximum Gasteiger partial charge on any atom is 0.0367 e. The zero-order chi connectivity index (χ0) is 17.6. The van der Waals surface area contributed by atoms with Gasteiger partial charge in [-0.2, -0.15) is 0 Å². The molecule has 3 heteroatoms. The third kappa shape index (κ3) is 9.10. The highest BCUT2D eigenvalue weighted by Crippen LogP contribution is 2.16. The van der Waals surface area contributed by atoms with Crippen LogP contribution in [0, 0.1) is 0 Å². The zero-order valence-electron chi connectivity index (χ0n) is 16.0. The van der Waals surface area contributed by atoms with Gasteiger partial charge in [-0.15, -0.1) is 0 Å². The van der Waals surface area contributed by atoms with Gasteiger partial charge in [-0.25, -0.2) is 0 Å². The molecule has 142 valence electrons. The highest BCUT2D eigenvalue weighted by atomic mass is 79.9. The van der Waals surface area contributed by atoms with Crippen molar-refractivity contribution >= 4 is 21.6 Å². The number of rotatable bonds is 13. The summed E-state index contributed by atoms with van der Waals surface area (Å²) in [5.74, 6) is 0. The molecule has 0 radical (unpaired) electrons. The zero-order valence-corrected chi connectivity index (χ0v) is 17.6. The summed E-state index contributed by atoms with van der Waals surface area (Å²) in [6.45, 7) is 6.11. The molecule has 1 aromatic carbocycles. The summed E-state index contributed by atoms with van der Waals surface area (Å²) in [5, 5.41) is 1.17. The Hall–Kier alpha value is -0.540. The molecule has 0 saturated carbocycles. The maximum atomic E-state index is 3.50. The van der Waals surface area contributed by atoms with E-state index in [1.54, 1.807) is 0 Å². The summed E-state index contributed by atoms with van der Waals surface area (Å²) in [7, 11) is 0. The molecule has 0 N–H and O–H groups in total. The summed E-state index contributed by atoms with van der Waals surface area (Å²) in [6.07, 6.45) is 14.2. The summed E-state index contributed by atoms with van der Waals surface area (Å²) in [6, 6.07) is 10.9. The van der Waals surface area contributed by atoms with Gasteiger partial charge in [-0.1, -0.05) is 85.5 Å². The number of halogens is 1. The summed E-state index contributed by atoms with van der Waals surface area (Å²) >= 11 is 3.50. The van der Waals surface area contributed by atoms with E-state index < -0.39 is 0 Å². The molecule has 1 aliphatic rings. The number of hydrogen-bond donors (Lipinski definition) is 0. The number of unbranched alkanes of at least 4 members (excludes halogenated alkanes) is 9. The first kappa shape index (κ1) is 20.8. The van der Waals surface area contributed by atoms with E-state index in [4.69, 9.17) is 0 Å². The molecular weight excluding hydrogens is 372 g/mol. The summed E-state index contributed by atoms with van der Waals surface area (Å²) in [5.41, 5.74) is 1.38. The van der Waals surface area contributed by atoms with Crippen LogP contribution in [0.2, 0.25) is 0 Å². The molecule has 0 bridgehead atoms. The van der Waals surface area contributed by atoms with Crippen molar-refractivity contribution in [3.05, 3.63) is 30.3 Å². The minimum Gasteiger partial charge on any atom is -0.369 e. The first-order valence-corrected chi connectivity index (χ1v) is 11.6. The molecule has 1 fully saturated rings. The molecule has 1 aromatic rings. The Bertz CT molecular complexity index is 415. The van der Waals surface area contributed by atoms with Gasteiger partial charge in [0.1, 0.15) is 0 Å². The van der Waals surface area contributed by atoms with Crippen molar-refractivity contribution in [1.29, 1.82) is 0 Å². The average molecular weight is 409 g/mol. The first-order chi connectivity index (χ1) is 12.4. The number of alkyl halides is 1. The van der Waals surface area contributed by atoms with E-state index in [0.29, 0.717) is 0 Å². The number of hydrogen-bond acceptors (Lipinski definition) is 2. The van der Waals surface area contributed by atoms with Crippen molar-refractivity contribution < 1.29 is 0 Å². The van der Waals surface area contributed by atoms with E-state index in [2.05, 4.69) is 56.1 Å². The number of anilines is 1. The lowest BCUT2D eigenvalue weighted by Gasteiger charge is -2.36. The quantitative estimate of drug-likeness (QED) is 0.287. The van der Waals surface area contributed by atoms with Crippen molar-refractivity contribution in [2.24, 2.45) is 0 Å². The van der Waals surface area contributed by atoms with E-state index in [1.165, 1.54) is 108 Å². The van der Waals surface area contributed by atoms with Crippen LogP contribution in [0.25, 0.3) is 0 Å². The van der Waals surface area contributed by atoms with Gasteiger partial charge in [-0.3, -0.25) is 4.90 Å². The van der Waals surface area contributed by atoms with E-state index in [-0.39, 0.29) is 0 Å². The molecule has 0 amide bonds.